The van der Waals surface area contributed by atoms with Crippen molar-refractivity contribution in [3.63, 3.8) is 0 Å². The van der Waals surface area contributed by atoms with Crippen LogP contribution in [0.3, 0.4) is 0 Å². The lowest BCUT2D eigenvalue weighted by Crippen LogP contribution is -2.37. The van der Waals surface area contributed by atoms with Crippen LogP contribution in [0.15, 0.2) is 24.3 Å². The maximum Gasteiger partial charge on any atom is 0.155 e. The average Bonchev–Trinajstić information content (AvgIpc) is 2.74. The first-order chi connectivity index (χ1) is 9.45. The molecule has 0 fully saturated rings. The molecule has 1 aliphatic carbocycles. The van der Waals surface area contributed by atoms with Gasteiger partial charge >= 0.3 is 0 Å². The molecule has 20 heavy (non-hydrogen) atoms. The number of nitrogens with one attached hydrogen (secondary N) is 1. The molecule has 1 aliphatic rings. The third-order valence-corrected chi connectivity index (χ3v) is 6.32. The summed E-state index contributed by atoms with van der Waals surface area (Å²) in [6, 6.07) is 8.06. The molecule has 3 nitrogen and oxygen atoms in total. The maximum absolute atomic E-state index is 12.6. The molecule has 0 heterocycles. The Morgan fingerprint density at radius 1 is 1.30 bits per heavy atom. The van der Waals surface area contributed by atoms with Crippen molar-refractivity contribution in [1.82, 2.24) is 5.32 Å². The summed E-state index contributed by atoms with van der Waals surface area (Å²) in [6.07, 6.45) is 1.65. The highest BCUT2D eigenvalue weighted by Gasteiger charge is 2.40. The first kappa shape index (κ1) is 15.5. The van der Waals surface area contributed by atoms with Crippen molar-refractivity contribution in [1.29, 1.82) is 0 Å². The lowest BCUT2D eigenvalue weighted by molar-refractivity contribution is 0.500. The fourth-order valence-electron chi connectivity index (χ4n) is 3.02. The number of hydrogen-bond donors (Lipinski definition) is 1. The third kappa shape index (κ3) is 3.23. The molecule has 2 rings (SSSR count). The lowest BCUT2D eigenvalue weighted by atomic mass is 10.1. The largest absolute Gasteiger partial charge is 0.309 e. The Bertz CT molecular complexity index is 551. The highest BCUT2D eigenvalue weighted by molar-refractivity contribution is 7.92. The van der Waals surface area contributed by atoms with Crippen LogP contribution in [0.25, 0.3) is 0 Å². The van der Waals surface area contributed by atoms with Gasteiger partial charge in [0.1, 0.15) is 0 Å². The van der Waals surface area contributed by atoms with Crippen molar-refractivity contribution in [2.45, 2.75) is 44.9 Å². The Labute approximate surface area is 122 Å². The second-order valence-corrected chi connectivity index (χ2v) is 8.36. The number of hydrogen-bond acceptors (Lipinski definition) is 3. The fraction of sp³-hybridized carbons (Fsp3) is 0.625. The zero-order valence-corrected chi connectivity index (χ0v) is 13.4. The summed E-state index contributed by atoms with van der Waals surface area (Å²) >= 11 is 0. The van der Waals surface area contributed by atoms with E-state index in [1.54, 1.807) is 0 Å². The minimum atomic E-state index is -3.07. The molecular formula is C16H25NO2S. The molecule has 0 saturated heterocycles. The second-order valence-electron chi connectivity index (χ2n) is 6.10. The zero-order valence-electron chi connectivity index (χ0n) is 12.6. The number of sulfone groups is 1. The summed E-state index contributed by atoms with van der Waals surface area (Å²) in [5, 5.41) is 3.13. The van der Waals surface area contributed by atoms with Gasteiger partial charge in [-0.15, -0.1) is 0 Å². The number of rotatable bonds is 6. The SMILES string of the molecule is CCCNC1c2ccccc2CC1S(=O)(=O)CC(C)C. The minimum Gasteiger partial charge on any atom is -0.309 e. The highest BCUT2D eigenvalue weighted by atomic mass is 32.2. The summed E-state index contributed by atoms with van der Waals surface area (Å²) < 4.78 is 25.3. The van der Waals surface area contributed by atoms with Gasteiger partial charge in [0.15, 0.2) is 9.84 Å². The molecule has 0 bridgehead atoms. The van der Waals surface area contributed by atoms with E-state index in [1.165, 1.54) is 11.1 Å². The lowest BCUT2D eigenvalue weighted by Gasteiger charge is -2.23. The van der Waals surface area contributed by atoms with Gasteiger partial charge in [-0.05, 0) is 36.4 Å². The van der Waals surface area contributed by atoms with Crippen molar-refractivity contribution in [2.75, 3.05) is 12.3 Å². The van der Waals surface area contributed by atoms with Gasteiger partial charge < -0.3 is 5.32 Å². The standard InChI is InChI=1S/C16H25NO2S/c1-4-9-17-16-14-8-6-5-7-13(14)10-15(16)20(18,19)11-12(2)3/h5-8,12,15-17H,4,9-11H2,1-3H3. The molecular weight excluding hydrogens is 270 g/mol. The van der Waals surface area contributed by atoms with Gasteiger partial charge in [-0.25, -0.2) is 8.42 Å². The molecule has 1 N–H and O–H groups in total. The summed E-state index contributed by atoms with van der Waals surface area (Å²) in [4.78, 5) is 0. The fourth-order valence-corrected chi connectivity index (χ4v) is 5.29. The van der Waals surface area contributed by atoms with E-state index in [1.807, 2.05) is 26.0 Å². The highest BCUT2D eigenvalue weighted by Crippen LogP contribution is 2.36. The summed E-state index contributed by atoms with van der Waals surface area (Å²) in [7, 11) is -3.07. The molecule has 0 radical (unpaired) electrons. The van der Waals surface area contributed by atoms with Gasteiger partial charge in [-0.2, -0.15) is 0 Å². The van der Waals surface area contributed by atoms with E-state index in [9.17, 15) is 8.42 Å². The van der Waals surface area contributed by atoms with Crippen molar-refractivity contribution in [3.05, 3.63) is 35.4 Å². The molecule has 0 spiro atoms. The van der Waals surface area contributed by atoms with E-state index in [2.05, 4.69) is 24.4 Å². The molecule has 2 unspecified atom stereocenters. The van der Waals surface area contributed by atoms with Crippen LogP contribution in [0.2, 0.25) is 0 Å². The van der Waals surface area contributed by atoms with Gasteiger partial charge in [0.2, 0.25) is 0 Å². The zero-order chi connectivity index (χ0) is 14.8. The first-order valence-corrected chi connectivity index (χ1v) is 9.20. The molecule has 2 atom stereocenters. The van der Waals surface area contributed by atoms with E-state index in [4.69, 9.17) is 0 Å². The molecule has 0 saturated carbocycles. The van der Waals surface area contributed by atoms with Crippen molar-refractivity contribution in [3.8, 4) is 0 Å². The number of fused-ring (bicyclic) bond motifs is 1. The van der Waals surface area contributed by atoms with E-state index >= 15 is 0 Å². The molecule has 1 aromatic carbocycles. The molecule has 0 aliphatic heterocycles. The normalized spacial score (nSPS) is 22.2. The Hall–Kier alpha value is -0.870. The predicted octanol–water partition coefficient (Wildman–Crippen LogP) is 2.72. The molecule has 0 aromatic heterocycles. The summed E-state index contributed by atoms with van der Waals surface area (Å²) in [5.74, 6) is 0.450. The van der Waals surface area contributed by atoms with Crippen LogP contribution in [-0.4, -0.2) is 26.0 Å². The molecule has 4 heteroatoms. The second kappa shape index (κ2) is 6.27. The average molecular weight is 295 g/mol. The van der Waals surface area contributed by atoms with E-state index in [0.717, 1.165) is 13.0 Å². The first-order valence-electron chi connectivity index (χ1n) is 7.48. The van der Waals surface area contributed by atoms with Gasteiger partial charge in [-0.3, -0.25) is 0 Å². The van der Waals surface area contributed by atoms with Crippen LogP contribution in [0.5, 0.6) is 0 Å². The van der Waals surface area contributed by atoms with Crippen LogP contribution in [0, 0.1) is 5.92 Å². The van der Waals surface area contributed by atoms with Gasteiger partial charge in [0.25, 0.3) is 0 Å². The van der Waals surface area contributed by atoms with E-state index in [0.29, 0.717) is 6.42 Å². The van der Waals surface area contributed by atoms with Crippen LogP contribution in [-0.2, 0) is 16.3 Å². The molecule has 112 valence electrons. The minimum absolute atomic E-state index is 0.0464. The Kier molecular flexibility index (Phi) is 4.86. The molecule has 0 amide bonds. The summed E-state index contributed by atoms with van der Waals surface area (Å²) in [6.45, 7) is 6.89. The Balaban J connectivity index is 2.30. The van der Waals surface area contributed by atoms with E-state index in [-0.39, 0.29) is 23.0 Å². The quantitative estimate of drug-likeness (QED) is 0.878. The van der Waals surface area contributed by atoms with Crippen molar-refractivity contribution >= 4 is 9.84 Å². The Morgan fingerprint density at radius 3 is 2.65 bits per heavy atom. The van der Waals surface area contributed by atoms with Gasteiger partial charge in [-0.1, -0.05) is 45.0 Å². The van der Waals surface area contributed by atoms with Crippen molar-refractivity contribution in [2.24, 2.45) is 5.92 Å². The smallest absolute Gasteiger partial charge is 0.155 e. The maximum atomic E-state index is 12.6. The third-order valence-electron chi connectivity index (χ3n) is 3.82. The molecule has 1 aromatic rings. The van der Waals surface area contributed by atoms with Crippen LogP contribution in [0.4, 0.5) is 0 Å². The van der Waals surface area contributed by atoms with Crippen LogP contribution < -0.4 is 5.32 Å². The van der Waals surface area contributed by atoms with Crippen molar-refractivity contribution < 1.29 is 8.42 Å². The Morgan fingerprint density at radius 2 is 2.00 bits per heavy atom. The van der Waals surface area contributed by atoms with Gasteiger partial charge in [0.05, 0.1) is 11.0 Å². The number of benzene rings is 1. The van der Waals surface area contributed by atoms with Crippen LogP contribution >= 0.6 is 0 Å². The van der Waals surface area contributed by atoms with E-state index < -0.39 is 9.84 Å². The predicted molar refractivity (Wildman–Crippen MR) is 83.6 cm³/mol. The van der Waals surface area contributed by atoms with Gasteiger partial charge in [0, 0.05) is 6.04 Å². The monoisotopic (exact) mass is 295 g/mol. The summed E-state index contributed by atoms with van der Waals surface area (Å²) in [5.41, 5.74) is 2.34. The topological polar surface area (TPSA) is 46.2 Å². The van der Waals surface area contributed by atoms with Crippen LogP contribution in [0.1, 0.15) is 44.4 Å².